The topological polar surface area (TPSA) is 160 Å². The molecule has 1 aliphatic heterocycles. The summed E-state index contributed by atoms with van der Waals surface area (Å²) < 4.78 is 18.2. The van der Waals surface area contributed by atoms with E-state index in [1.54, 1.807) is 0 Å². The molecule has 0 bridgehead atoms. The van der Waals surface area contributed by atoms with Gasteiger partial charge >= 0.3 is 17.9 Å². The van der Waals surface area contributed by atoms with Crippen molar-refractivity contribution < 1.29 is 49.0 Å². The Morgan fingerprint density at radius 3 is 2.14 bits per heavy atom. The number of aliphatic hydroxyl groups excluding tert-OH is 2. The number of carbonyl (C=O) groups is 3. The number of ether oxygens (including phenoxy) is 3. The first kappa shape index (κ1) is 38.2. The number of hydrogen-bond donors (Lipinski definition) is 4. The molecule has 10 heteroatoms. The van der Waals surface area contributed by atoms with Crippen LogP contribution in [-0.4, -0.2) is 74.6 Å². The number of fused-ring (bicyclic) bond motifs is 4. The standard InChI is InChI=1S/C39H62O10/c1-21(40)47-32-26(48-31(44)20-36(7,46)19-30(42)43)18-37(8)25-17-28(41)39(10)23(22-11-14-29(34(2,3)4)49-33(22)45)15-16-38(39,9)24(25)12-13-27(37)35(32,5)6/h22-23,26-29,32-33,41,45-46H,11-20H2,1-10H3,(H,42,43)/t22-,23-,26-,27?,28+,29-,32+,33?,36+,37-,38+,39+/m1/s1. The second-order valence-electron chi connectivity index (χ2n) is 18.9. The highest BCUT2D eigenvalue weighted by molar-refractivity contribution is 5.74. The first-order valence-electron chi connectivity index (χ1n) is 18.4. The van der Waals surface area contributed by atoms with Gasteiger partial charge in [-0.3, -0.25) is 14.4 Å². The Labute approximate surface area is 292 Å². The van der Waals surface area contributed by atoms with Gasteiger partial charge in [0.15, 0.2) is 6.29 Å². The Morgan fingerprint density at radius 2 is 1.57 bits per heavy atom. The molecule has 0 spiro atoms. The molecule has 0 radical (unpaired) electrons. The molecular formula is C39H62O10. The highest BCUT2D eigenvalue weighted by Crippen LogP contribution is 2.73. The fraction of sp³-hybridized carbons (Fsp3) is 0.872. The van der Waals surface area contributed by atoms with Gasteiger partial charge in [0.25, 0.3) is 0 Å². The quantitative estimate of drug-likeness (QED) is 0.186. The zero-order valence-electron chi connectivity index (χ0n) is 31.4. The summed E-state index contributed by atoms with van der Waals surface area (Å²) >= 11 is 0. The summed E-state index contributed by atoms with van der Waals surface area (Å²) in [6.07, 6.45) is 1.83. The number of aliphatic carboxylic acids is 1. The van der Waals surface area contributed by atoms with Gasteiger partial charge in [0.1, 0.15) is 12.2 Å². The van der Waals surface area contributed by atoms with Crippen molar-refractivity contribution in [3.05, 3.63) is 11.1 Å². The van der Waals surface area contributed by atoms with E-state index in [4.69, 9.17) is 14.2 Å². The van der Waals surface area contributed by atoms with E-state index in [9.17, 15) is 34.8 Å². The first-order valence-corrected chi connectivity index (χ1v) is 18.4. The van der Waals surface area contributed by atoms with Crippen LogP contribution in [-0.2, 0) is 28.6 Å². The average Bonchev–Trinajstić information content (AvgIpc) is 3.22. The lowest BCUT2D eigenvalue weighted by atomic mass is 9.42. The van der Waals surface area contributed by atoms with Crippen LogP contribution in [0.3, 0.4) is 0 Å². The summed E-state index contributed by atoms with van der Waals surface area (Å²) in [5.41, 5.74) is -1.16. The van der Waals surface area contributed by atoms with Crippen LogP contribution in [0.15, 0.2) is 11.1 Å². The van der Waals surface area contributed by atoms with Gasteiger partial charge in [-0.15, -0.1) is 0 Å². The van der Waals surface area contributed by atoms with Gasteiger partial charge in [-0.2, -0.15) is 0 Å². The van der Waals surface area contributed by atoms with E-state index in [0.29, 0.717) is 12.8 Å². The Balaban J connectivity index is 1.49. The van der Waals surface area contributed by atoms with Crippen LogP contribution in [0, 0.1) is 44.8 Å². The van der Waals surface area contributed by atoms with Crippen LogP contribution in [0.2, 0.25) is 0 Å². The van der Waals surface area contributed by atoms with E-state index in [0.717, 1.165) is 38.5 Å². The first-order chi connectivity index (χ1) is 22.4. The molecule has 2 unspecified atom stereocenters. The van der Waals surface area contributed by atoms with Crippen molar-refractivity contribution in [3.8, 4) is 0 Å². The van der Waals surface area contributed by atoms with Crippen molar-refractivity contribution in [1.82, 2.24) is 0 Å². The van der Waals surface area contributed by atoms with Crippen LogP contribution in [0.4, 0.5) is 0 Å². The molecule has 1 heterocycles. The van der Waals surface area contributed by atoms with Gasteiger partial charge in [-0.25, -0.2) is 0 Å². The van der Waals surface area contributed by atoms with E-state index in [1.165, 1.54) is 25.0 Å². The van der Waals surface area contributed by atoms with Crippen molar-refractivity contribution >= 4 is 17.9 Å². The molecule has 3 fully saturated rings. The molecule has 2 saturated carbocycles. The van der Waals surface area contributed by atoms with Crippen molar-refractivity contribution in [2.75, 3.05) is 0 Å². The Hall–Kier alpha value is -2.01. The molecule has 4 N–H and O–H groups in total. The third-order valence-electron chi connectivity index (χ3n) is 14.3. The lowest BCUT2D eigenvalue weighted by Crippen LogP contribution is -2.63. The minimum atomic E-state index is -1.80. The molecule has 278 valence electrons. The number of aliphatic hydroxyl groups is 3. The van der Waals surface area contributed by atoms with Crippen LogP contribution >= 0.6 is 0 Å². The molecule has 4 aliphatic carbocycles. The Morgan fingerprint density at radius 1 is 0.918 bits per heavy atom. The largest absolute Gasteiger partial charge is 0.481 e. The fourth-order valence-corrected chi connectivity index (χ4v) is 11.8. The Kier molecular flexibility index (Phi) is 9.82. The molecule has 10 nitrogen and oxygen atoms in total. The maximum Gasteiger partial charge on any atom is 0.309 e. The van der Waals surface area contributed by atoms with Gasteiger partial charge in [-0.1, -0.05) is 66.5 Å². The van der Waals surface area contributed by atoms with Gasteiger partial charge < -0.3 is 34.6 Å². The van der Waals surface area contributed by atoms with Crippen molar-refractivity contribution in [3.63, 3.8) is 0 Å². The second-order valence-corrected chi connectivity index (χ2v) is 18.9. The molecule has 12 atom stereocenters. The highest BCUT2D eigenvalue weighted by Gasteiger charge is 2.68. The van der Waals surface area contributed by atoms with Crippen LogP contribution in [0.1, 0.15) is 133 Å². The van der Waals surface area contributed by atoms with Crippen molar-refractivity contribution in [2.45, 2.75) is 170 Å². The molecule has 0 amide bonds. The van der Waals surface area contributed by atoms with E-state index < -0.39 is 77.2 Å². The molecule has 5 rings (SSSR count). The lowest BCUT2D eigenvalue weighted by molar-refractivity contribution is -0.239. The zero-order valence-corrected chi connectivity index (χ0v) is 31.4. The van der Waals surface area contributed by atoms with E-state index in [-0.39, 0.29) is 34.7 Å². The number of rotatable bonds is 7. The molecule has 1 saturated heterocycles. The molecule has 49 heavy (non-hydrogen) atoms. The zero-order chi connectivity index (χ0) is 36.7. The number of carboxylic acids is 1. The summed E-state index contributed by atoms with van der Waals surface area (Å²) in [5, 5.41) is 43.6. The number of esters is 2. The Bertz CT molecular complexity index is 1360. The van der Waals surface area contributed by atoms with Crippen molar-refractivity contribution in [2.24, 2.45) is 44.8 Å². The number of carbonyl (C=O) groups excluding carboxylic acids is 2. The van der Waals surface area contributed by atoms with Gasteiger partial charge in [0.2, 0.25) is 0 Å². The van der Waals surface area contributed by atoms with Crippen molar-refractivity contribution in [1.29, 1.82) is 0 Å². The predicted molar refractivity (Wildman–Crippen MR) is 182 cm³/mol. The normalized spacial score (nSPS) is 43.0. The summed E-state index contributed by atoms with van der Waals surface area (Å²) in [4.78, 5) is 37.0. The molecule has 0 aromatic rings. The predicted octanol–water partition coefficient (Wildman–Crippen LogP) is 5.94. The summed E-state index contributed by atoms with van der Waals surface area (Å²) in [6, 6.07) is 0. The molecular weight excluding hydrogens is 628 g/mol. The summed E-state index contributed by atoms with van der Waals surface area (Å²) in [6.45, 7) is 19.9. The minimum absolute atomic E-state index is 0.0176. The van der Waals surface area contributed by atoms with E-state index >= 15 is 0 Å². The third-order valence-corrected chi connectivity index (χ3v) is 14.3. The van der Waals surface area contributed by atoms with E-state index in [1.807, 2.05) is 0 Å². The maximum absolute atomic E-state index is 13.3. The van der Waals surface area contributed by atoms with Crippen LogP contribution < -0.4 is 0 Å². The van der Waals surface area contributed by atoms with Gasteiger partial charge in [-0.05, 0) is 86.4 Å². The van der Waals surface area contributed by atoms with Crippen LogP contribution in [0.5, 0.6) is 0 Å². The maximum atomic E-state index is 13.3. The fourth-order valence-electron chi connectivity index (χ4n) is 11.8. The molecule has 5 aliphatic rings. The van der Waals surface area contributed by atoms with Crippen LogP contribution in [0.25, 0.3) is 0 Å². The summed E-state index contributed by atoms with van der Waals surface area (Å²) in [7, 11) is 0. The highest BCUT2D eigenvalue weighted by atomic mass is 16.6. The summed E-state index contributed by atoms with van der Waals surface area (Å²) in [5.74, 6) is -2.36. The number of allylic oxidation sites excluding steroid dienone is 1. The number of carboxylic acid groups (broad SMARTS) is 1. The monoisotopic (exact) mass is 690 g/mol. The molecule has 0 aromatic carbocycles. The molecule has 0 aromatic heterocycles. The smallest absolute Gasteiger partial charge is 0.309 e. The minimum Gasteiger partial charge on any atom is -0.481 e. The second kappa shape index (κ2) is 12.6. The average molecular weight is 691 g/mol. The van der Waals surface area contributed by atoms with Gasteiger partial charge in [0.05, 0.1) is 30.7 Å². The number of hydrogen-bond acceptors (Lipinski definition) is 9. The van der Waals surface area contributed by atoms with E-state index in [2.05, 4.69) is 55.4 Å². The van der Waals surface area contributed by atoms with Gasteiger partial charge in [0, 0.05) is 23.7 Å². The third kappa shape index (κ3) is 6.39. The lowest BCUT2D eigenvalue weighted by Gasteiger charge is -2.64. The SMILES string of the molecule is CC(=O)O[C@H]1[C@H](OC(=O)C[C@@](C)(O)CC(=O)O)C[C@]2(C)C3=C(CCC2C1(C)C)[C@]1(C)CC[C@H]([C@H]2CC[C@H](C(C)(C)C)OC2O)[C@@]1(C)[C@@H](O)C3.